The molecule has 0 atom stereocenters. The monoisotopic (exact) mass is 325 g/mol. The van der Waals surface area contributed by atoms with E-state index in [-0.39, 0.29) is 5.91 Å². The summed E-state index contributed by atoms with van der Waals surface area (Å²) >= 11 is 7.61. The highest BCUT2D eigenvalue weighted by Crippen LogP contribution is 2.19. The molecule has 1 aromatic carbocycles. The number of halogens is 1. The Hall–Kier alpha value is -1.27. The Labute approximate surface area is 119 Å². The molecule has 94 valence electrons. The number of benzene rings is 1. The van der Waals surface area contributed by atoms with Crippen LogP contribution in [0.3, 0.4) is 0 Å². The zero-order valence-electron chi connectivity index (χ0n) is 9.72. The van der Waals surface area contributed by atoms with Crippen LogP contribution < -0.4 is 5.32 Å². The molecule has 0 unspecified atom stereocenters. The SMILES string of the molecule is Cn1ccc(CNC(=O)c2ccc(Br)cc2S)n1. The first-order valence-corrected chi connectivity index (χ1v) is 6.55. The lowest BCUT2D eigenvalue weighted by Gasteiger charge is -2.06. The van der Waals surface area contributed by atoms with Gasteiger partial charge in [0.2, 0.25) is 0 Å². The molecule has 1 heterocycles. The average molecular weight is 326 g/mol. The van der Waals surface area contributed by atoms with E-state index in [1.165, 1.54) is 0 Å². The smallest absolute Gasteiger partial charge is 0.252 e. The van der Waals surface area contributed by atoms with Gasteiger partial charge in [0.1, 0.15) is 0 Å². The number of carbonyl (C=O) groups excluding carboxylic acids is 1. The van der Waals surface area contributed by atoms with Crippen molar-refractivity contribution in [2.45, 2.75) is 11.4 Å². The van der Waals surface area contributed by atoms with Crippen molar-refractivity contribution < 1.29 is 4.79 Å². The van der Waals surface area contributed by atoms with Crippen molar-refractivity contribution in [3.05, 3.63) is 46.2 Å². The predicted molar refractivity (Wildman–Crippen MR) is 75.8 cm³/mol. The van der Waals surface area contributed by atoms with Gasteiger partial charge in [0, 0.05) is 22.6 Å². The van der Waals surface area contributed by atoms with Gasteiger partial charge in [-0.3, -0.25) is 9.48 Å². The van der Waals surface area contributed by atoms with Crippen molar-refractivity contribution in [3.8, 4) is 0 Å². The van der Waals surface area contributed by atoms with Gasteiger partial charge in [-0.15, -0.1) is 12.6 Å². The Morgan fingerprint density at radius 2 is 2.28 bits per heavy atom. The number of rotatable bonds is 3. The quantitative estimate of drug-likeness (QED) is 0.851. The summed E-state index contributed by atoms with van der Waals surface area (Å²) in [6, 6.07) is 7.21. The van der Waals surface area contributed by atoms with E-state index >= 15 is 0 Å². The Balaban J connectivity index is 2.03. The van der Waals surface area contributed by atoms with Crippen molar-refractivity contribution in [2.75, 3.05) is 0 Å². The zero-order chi connectivity index (χ0) is 13.1. The largest absolute Gasteiger partial charge is 0.346 e. The maximum Gasteiger partial charge on any atom is 0.252 e. The maximum absolute atomic E-state index is 11.9. The molecule has 6 heteroatoms. The summed E-state index contributed by atoms with van der Waals surface area (Å²) in [6.07, 6.45) is 1.84. The molecule has 4 nitrogen and oxygen atoms in total. The molecule has 0 saturated heterocycles. The highest BCUT2D eigenvalue weighted by Gasteiger charge is 2.09. The number of hydrogen-bond donors (Lipinski definition) is 2. The van der Waals surface area contributed by atoms with Crippen molar-refractivity contribution >= 4 is 34.5 Å². The number of nitrogens with one attached hydrogen (secondary N) is 1. The first-order valence-electron chi connectivity index (χ1n) is 5.31. The molecule has 0 fully saturated rings. The summed E-state index contributed by atoms with van der Waals surface area (Å²) in [7, 11) is 1.84. The molecule has 0 bridgehead atoms. The number of amides is 1. The molecule has 0 radical (unpaired) electrons. The van der Waals surface area contributed by atoms with Crippen LogP contribution in [0.5, 0.6) is 0 Å². The fraction of sp³-hybridized carbons (Fsp3) is 0.167. The summed E-state index contributed by atoms with van der Waals surface area (Å²) in [6.45, 7) is 0.406. The molecule has 0 aliphatic heterocycles. The van der Waals surface area contributed by atoms with Gasteiger partial charge in [-0.2, -0.15) is 5.10 Å². The minimum atomic E-state index is -0.154. The summed E-state index contributed by atoms with van der Waals surface area (Å²) < 4.78 is 2.60. The summed E-state index contributed by atoms with van der Waals surface area (Å²) in [4.78, 5) is 12.6. The van der Waals surface area contributed by atoms with Crippen LogP contribution in [0.2, 0.25) is 0 Å². The molecule has 0 saturated carbocycles. The Morgan fingerprint density at radius 1 is 1.50 bits per heavy atom. The average Bonchev–Trinajstić information content (AvgIpc) is 2.72. The van der Waals surface area contributed by atoms with Gasteiger partial charge < -0.3 is 5.32 Å². The van der Waals surface area contributed by atoms with Crippen molar-refractivity contribution in [2.24, 2.45) is 7.05 Å². The van der Waals surface area contributed by atoms with Crippen LogP contribution in [-0.4, -0.2) is 15.7 Å². The molecule has 1 aromatic heterocycles. The lowest BCUT2D eigenvalue weighted by atomic mass is 10.2. The fourth-order valence-corrected chi connectivity index (χ4v) is 2.37. The molecule has 1 amide bonds. The molecule has 0 aliphatic rings. The number of nitrogens with zero attached hydrogens (tertiary/aromatic N) is 2. The van der Waals surface area contributed by atoms with E-state index in [2.05, 4.69) is 39.0 Å². The number of carbonyl (C=O) groups is 1. The van der Waals surface area contributed by atoms with Gasteiger partial charge in [-0.25, -0.2) is 0 Å². The lowest BCUT2D eigenvalue weighted by molar-refractivity contribution is 0.0947. The summed E-state index contributed by atoms with van der Waals surface area (Å²) in [5, 5.41) is 7.00. The van der Waals surface area contributed by atoms with Crippen LogP contribution in [0.15, 0.2) is 39.8 Å². The van der Waals surface area contributed by atoms with E-state index in [9.17, 15) is 4.79 Å². The molecular weight excluding hydrogens is 314 g/mol. The van der Waals surface area contributed by atoms with Gasteiger partial charge in [-0.05, 0) is 24.3 Å². The zero-order valence-corrected chi connectivity index (χ0v) is 12.2. The molecular formula is C12H12BrN3OS. The van der Waals surface area contributed by atoms with Gasteiger partial charge in [-0.1, -0.05) is 15.9 Å². The molecule has 2 aromatic rings. The van der Waals surface area contributed by atoms with E-state index in [4.69, 9.17) is 0 Å². The van der Waals surface area contributed by atoms with E-state index in [0.717, 1.165) is 10.2 Å². The number of aryl methyl sites for hydroxylation is 1. The molecule has 18 heavy (non-hydrogen) atoms. The third-order valence-corrected chi connectivity index (χ3v) is 3.27. The van der Waals surface area contributed by atoms with E-state index in [1.54, 1.807) is 16.8 Å². The number of hydrogen-bond acceptors (Lipinski definition) is 3. The van der Waals surface area contributed by atoms with Crippen LogP contribution in [0.25, 0.3) is 0 Å². The van der Waals surface area contributed by atoms with Crippen molar-refractivity contribution in [1.29, 1.82) is 0 Å². The van der Waals surface area contributed by atoms with Crippen molar-refractivity contribution in [1.82, 2.24) is 15.1 Å². The third-order valence-electron chi connectivity index (χ3n) is 2.40. The highest BCUT2D eigenvalue weighted by atomic mass is 79.9. The van der Waals surface area contributed by atoms with E-state index in [0.29, 0.717) is 17.0 Å². The van der Waals surface area contributed by atoms with Crippen LogP contribution in [0, 0.1) is 0 Å². The van der Waals surface area contributed by atoms with Crippen molar-refractivity contribution in [3.63, 3.8) is 0 Å². The lowest BCUT2D eigenvalue weighted by Crippen LogP contribution is -2.23. The fourth-order valence-electron chi connectivity index (χ4n) is 1.52. The van der Waals surface area contributed by atoms with Crippen LogP contribution >= 0.6 is 28.6 Å². The number of aromatic nitrogens is 2. The summed E-state index contributed by atoms with van der Waals surface area (Å²) in [5.41, 5.74) is 1.38. The Bertz CT molecular complexity index is 582. The second-order valence-electron chi connectivity index (χ2n) is 3.82. The van der Waals surface area contributed by atoms with Gasteiger partial charge in [0.15, 0.2) is 0 Å². The second-order valence-corrected chi connectivity index (χ2v) is 5.22. The van der Waals surface area contributed by atoms with Crippen LogP contribution in [-0.2, 0) is 13.6 Å². The normalized spacial score (nSPS) is 10.4. The van der Waals surface area contributed by atoms with Crippen LogP contribution in [0.1, 0.15) is 16.1 Å². The maximum atomic E-state index is 11.9. The minimum absolute atomic E-state index is 0.154. The molecule has 1 N–H and O–H groups in total. The summed E-state index contributed by atoms with van der Waals surface area (Å²) in [5.74, 6) is -0.154. The third kappa shape index (κ3) is 3.14. The second kappa shape index (κ2) is 5.58. The molecule has 0 spiro atoms. The standard InChI is InChI=1S/C12H12BrN3OS/c1-16-5-4-9(15-16)7-14-12(17)10-3-2-8(13)6-11(10)18/h2-6,18H,7H2,1H3,(H,14,17). The highest BCUT2D eigenvalue weighted by molar-refractivity contribution is 9.10. The molecule has 2 rings (SSSR count). The van der Waals surface area contributed by atoms with E-state index < -0.39 is 0 Å². The predicted octanol–water partition coefficient (Wildman–Crippen LogP) is 2.40. The van der Waals surface area contributed by atoms with Gasteiger partial charge in [0.05, 0.1) is 17.8 Å². The Kier molecular flexibility index (Phi) is 4.08. The van der Waals surface area contributed by atoms with E-state index in [1.807, 2.05) is 25.4 Å². The van der Waals surface area contributed by atoms with Crippen LogP contribution in [0.4, 0.5) is 0 Å². The number of thiol groups is 1. The first kappa shape index (κ1) is 13.2. The topological polar surface area (TPSA) is 46.9 Å². The Morgan fingerprint density at radius 3 is 2.89 bits per heavy atom. The molecule has 0 aliphatic carbocycles. The minimum Gasteiger partial charge on any atom is -0.346 e. The van der Waals surface area contributed by atoms with Gasteiger partial charge >= 0.3 is 0 Å². The van der Waals surface area contributed by atoms with Gasteiger partial charge in [0.25, 0.3) is 5.91 Å². The first-order chi connectivity index (χ1) is 8.56.